The molecule has 3 nitrogen and oxygen atoms in total. The van der Waals surface area contributed by atoms with Gasteiger partial charge in [0.05, 0.1) is 0 Å². The summed E-state index contributed by atoms with van der Waals surface area (Å²) in [5.41, 5.74) is 1.54. The molecule has 66 valence electrons. The monoisotopic (exact) mass is 239 g/mol. The summed E-state index contributed by atoms with van der Waals surface area (Å²) in [7, 11) is 0. The smallest absolute Gasteiger partial charge is 0.191 e. The van der Waals surface area contributed by atoms with Crippen molar-refractivity contribution < 1.29 is 4.79 Å². The number of ketones is 1. The Labute approximate surface area is 83.2 Å². The highest BCUT2D eigenvalue weighted by molar-refractivity contribution is 9.10. The highest BCUT2D eigenvalue weighted by Crippen LogP contribution is 2.26. The number of carbonyl (C=O) groups is 1. The summed E-state index contributed by atoms with van der Waals surface area (Å²) >= 11 is 3.27. The number of hydrogen-bond acceptors (Lipinski definition) is 3. The van der Waals surface area contributed by atoms with Crippen molar-refractivity contribution >= 4 is 21.7 Å². The molecule has 1 aliphatic carbocycles. The van der Waals surface area contributed by atoms with Crippen LogP contribution in [0.25, 0.3) is 0 Å². The number of benzene rings is 1. The first-order valence-corrected chi connectivity index (χ1v) is 4.67. The summed E-state index contributed by atoms with van der Waals surface area (Å²) in [6.45, 7) is 0. The number of nitrogens with zero attached hydrogens (tertiary/aromatic N) is 1. The Balaban J connectivity index is 2.50. The minimum Gasteiger partial charge on any atom is -0.292 e. The van der Waals surface area contributed by atoms with Crippen LogP contribution in [-0.4, -0.2) is 11.8 Å². The van der Waals surface area contributed by atoms with E-state index in [1.807, 2.05) is 12.1 Å². The largest absolute Gasteiger partial charge is 0.292 e. The second-order valence-electron chi connectivity index (χ2n) is 2.99. The molecule has 4 heteroatoms. The molecular formula is C9H6BrNO2. The third-order valence-corrected chi connectivity index (χ3v) is 2.67. The molecule has 0 fully saturated rings. The summed E-state index contributed by atoms with van der Waals surface area (Å²) in [6, 6.07) is 4.74. The minimum atomic E-state index is -0.704. The molecule has 1 atom stereocenters. The highest BCUT2D eigenvalue weighted by atomic mass is 79.9. The molecule has 0 aliphatic heterocycles. The van der Waals surface area contributed by atoms with E-state index in [4.69, 9.17) is 0 Å². The molecule has 0 saturated carbocycles. The molecule has 13 heavy (non-hydrogen) atoms. The van der Waals surface area contributed by atoms with Crippen molar-refractivity contribution in [3.05, 3.63) is 38.7 Å². The highest BCUT2D eigenvalue weighted by Gasteiger charge is 2.31. The van der Waals surface area contributed by atoms with Crippen molar-refractivity contribution in [1.29, 1.82) is 0 Å². The van der Waals surface area contributed by atoms with Gasteiger partial charge >= 0.3 is 0 Å². The zero-order valence-corrected chi connectivity index (χ0v) is 8.24. The number of hydrogen-bond donors (Lipinski definition) is 0. The maximum absolute atomic E-state index is 11.5. The van der Waals surface area contributed by atoms with E-state index >= 15 is 0 Å². The lowest BCUT2D eigenvalue weighted by atomic mass is 10.1. The van der Waals surface area contributed by atoms with E-state index in [0.29, 0.717) is 12.0 Å². The van der Waals surface area contributed by atoms with Gasteiger partial charge in [-0.15, -0.1) is 0 Å². The van der Waals surface area contributed by atoms with Crippen LogP contribution in [0.4, 0.5) is 0 Å². The van der Waals surface area contributed by atoms with E-state index in [0.717, 1.165) is 10.0 Å². The average Bonchev–Trinajstić information content (AvgIpc) is 2.44. The fourth-order valence-electron chi connectivity index (χ4n) is 1.52. The predicted octanol–water partition coefficient (Wildman–Crippen LogP) is 2.32. The van der Waals surface area contributed by atoms with Crippen molar-refractivity contribution in [2.45, 2.75) is 12.5 Å². The first-order valence-electron chi connectivity index (χ1n) is 3.87. The Morgan fingerprint density at radius 1 is 1.46 bits per heavy atom. The van der Waals surface area contributed by atoms with Crippen LogP contribution in [0, 0.1) is 4.91 Å². The molecule has 1 aromatic rings. The first-order chi connectivity index (χ1) is 6.22. The molecule has 2 rings (SSSR count). The van der Waals surface area contributed by atoms with Gasteiger partial charge in [-0.1, -0.05) is 27.2 Å². The molecule has 0 heterocycles. The molecule has 0 amide bonds. The van der Waals surface area contributed by atoms with E-state index in [2.05, 4.69) is 21.1 Å². The third kappa shape index (κ3) is 1.31. The van der Waals surface area contributed by atoms with Gasteiger partial charge in [0.2, 0.25) is 0 Å². The van der Waals surface area contributed by atoms with Crippen molar-refractivity contribution in [3.8, 4) is 0 Å². The van der Waals surface area contributed by atoms with E-state index in [1.54, 1.807) is 6.07 Å². The third-order valence-electron chi connectivity index (χ3n) is 2.18. The van der Waals surface area contributed by atoms with Gasteiger partial charge in [0.25, 0.3) is 0 Å². The lowest BCUT2D eigenvalue weighted by Gasteiger charge is -1.95. The van der Waals surface area contributed by atoms with E-state index in [1.165, 1.54) is 0 Å². The normalized spacial score (nSPS) is 20.1. The van der Waals surface area contributed by atoms with Crippen LogP contribution in [0.3, 0.4) is 0 Å². The van der Waals surface area contributed by atoms with Crippen LogP contribution in [0.5, 0.6) is 0 Å². The molecule has 0 spiro atoms. The van der Waals surface area contributed by atoms with E-state index in [9.17, 15) is 9.70 Å². The van der Waals surface area contributed by atoms with Crippen molar-refractivity contribution in [2.24, 2.45) is 5.18 Å². The number of halogens is 1. The topological polar surface area (TPSA) is 46.5 Å². The van der Waals surface area contributed by atoms with Crippen LogP contribution in [0.15, 0.2) is 27.8 Å². The summed E-state index contributed by atoms with van der Waals surface area (Å²) in [5.74, 6) is -0.161. The minimum absolute atomic E-state index is 0.161. The Morgan fingerprint density at radius 2 is 2.23 bits per heavy atom. The van der Waals surface area contributed by atoms with Crippen molar-refractivity contribution in [3.63, 3.8) is 0 Å². The van der Waals surface area contributed by atoms with E-state index in [-0.39, 0.29) is 5.78 Å². The Bertz CT molecular complexity index is 389. The SMILES string of the molecule is O=NC1Cc2ccc(Br)cc2C1=O. The Kier molecular flexibility index (Phi) is 2.00. The molecule has 0 N–H and O–H groups in total. The summed E-state index contributed by atoms with van der Waals surface area (Å²) in [5, 5.41) is 2.80. The molecule has 1 aliphatic rings. The Morgan fingerprint density at radius 3 is 2.92 bits per heavy atom. The summed E-state index contributed by atoms with van der Waals surface area (Å²) in [4.78, 5) is 21.8. The lowest BCUT2D eigenvalue weighted by molar-refractivity contribution is 0.0975. The fraction of sp³-hybridized carbons (Fsp3) is 0.222. The van der Waals surface area contributed by atoms with Gasteiger partial charge in [0, 0.05) is 16.5 Å². The van der Waals surface area contributed by atoms with Crippen LogP contribution in [-0.2, 0) is 6.42 Å². The van der Waals surface area contributed by atoms with E-state index < -0.39 is 6.04 Å². The zero-order chi connectivity index (χ0) is 9.42. The molecular weight excluding hydrogens is 234 g/mol. The first kappa shape index (κ1) is 8.56. The number of rotatable bonds is 1. The maximum Gasteiger partial charge on any atom is 0.191 e. The molecule has 0 saturated heterocycles. The van der Waals surface area contributed by atoms with Crippen molar-refractivity contribution in [2.75, 3.05) is 0 Å². The fourth-order valence-corrected chi connectivity index (χ4v) is 1.88. The number of nitroso groups, excluding NO2 is 1. The zero-order valence-electron chi connectivity index (χ0n) is 6.66. The standard InChI is InChI=1S/C9H6BrNO2/c10-6-2-1-5-3-8(11-13)9(12)7(5)4-6/h1-2,4,8H,3H2. The second kappa shape index (κ2) is 3.03. The van der Waals surface area contributed by atoms with Crippen LogP contribution >= 0.6 is 15.9 Å². The van der Waals surface area contributed by atoms with Crippen LogP contribution in [0.1, 0.15) is 15.9 Å². The molecule has 0 bridgehead atoms. The average molecular weight is 240 g/mol. The van der Waals surface area contributed by atoms with Gasteiger partial charge in [0.1, 0.15) is 0 Å². The number of carbonyl (C=O) groups excluding carboxylic acids is 1. The molecule has 1 unspecified atom stereocenters. The summed E-state index contributed by atoms with van der Waals surface area (Å²) in [6.07, 6.45) is 0.449. The van der Waals surface area contributed by atoms with Gasteiger partial charge < -0.3 is 0 Å². The Hall–Kier alpha value is -1.03. The second-order valence-corrected chi connectivity index (χ2v) is 3.91. The quantitative estimate of drug-likeness (QED) is 0.707. The number of fused-ring (bicyclic) bond motifs is 1. The summed E-state index contributed by atoms with van der Waals surface area (Å²) < 4.78 is 0.853. The molecule has 1 aromatic carbocycles. The predicted molar refractivity (Wildman–Crippen MR) is 51.8 cm³/mol. The van der Waals surface area contributed by atoms with Crippen LogP contribution < -0.4 is 0 Å². The van der Waals surface area contributed by atoms with Crippen LogP contribution in [0.2, 0.25) is 0 Å². The van der Waals surface area contributed by atoms with Gasteiger partial charge in [-0.25, -0.2) is 0 Å². The number of Topliss-reactive ketones (excluding diaryl/α,β-unsaturated/α-hetero) is 1. The van der Waals surface area contributed by atoms with Gasteiger partial charge in [-0.3, -0.25) is 4.79 Å². The maximum atomic E-state index is 11.5. The van der Waals surface area contributed by atoms with Gasteiger partial charge in [-0.05, 0) is 17.7 Å². The molecule has 0 aromatic heterocycles. The van der Waals surface area contributed by atoms with Gasteiger partial charge in [0.15, 0.2) is 11.8 Å². The van der Waals surface area contributed by atoms with Crippen molar-refractivity contribution in [1.82, 2.24) is 0 Å². The van der Waals surface area contributed by atoms with Gasteiger partial charge in [-0.2, -0.15) is 4.91 Å². The molecule has 0 radical (unpaired) electrons. The lowest BCUT2D eigenvalue weighted by Crippen LogP contribution is -2.11.